The molecule has 0 aromatic heterocycles. The minimum Gasteiger partial charge on any atom is -0.314 e. The number of hydrogen-bond donors (Lipinski definition) is 1. The minimum atomic E-state index is 0.292. The number of likely N-dealkylation sites (tertiary alicyclic amines) is 1. The Hall–Kier alpha value is -0.450. The summed E-state index contributed by atoms with van der Waals surface area (Å²) in [5.74, 6) is 0.755. The van der Waals surface area contributed by atoms with E-state index in [1.54, 1.807) is 0 Å². The summed E-state index contributed by atoms with van der Waals surface area (Å²) >= 11 is 0. The molecule has 0 radical (unpaired) electrons. The first-order valence-corrected chi connectivity index (χ1v) is 6.29. The van der Waals surface area contributed by atoms with Gasteiger partial charge in [-0.1, -0.05) is 0 Å². The van der Waals surface area contributed by atoms with Crippen LogP contribution in [0.3, 0.4) is 0 Å². The summed E-state index contributed by atoms with van der Waals surface area (Å²) in [6, 6.07) is 0.409. The Bertz CT molecular complexity index is 257. The molecule has 2 unspecified atom stereocenters. The maximum Gasteiger partial charge on any atom is 0.138 e. The molecule has 2 heterocycles. The van der Waals surface area contributed by atoms with Crippen molar-refractivity contribution in [1.82, 2.24) is 15.1 Å². The van der Waals surface area contributed by atoms with Crippen molar-refractivity contribution >= 4 is 5.78 Å². The SMILES string of the molecule is CN1CCC(C(=O)CC2CNCCN2C)C1. The van der Waals surface area contributed by atoms with Crippen LogP contribution in [0.5, 0.6) is 0 Å². The molecule has 1 N–H and O–H groups in total. The van der Waals surface area contributed by atoms with Crippen molar-refractivity contribution in [3.05, 3.63) is 0 Å². The average molecular weight is 225 g/mol. The summed E-state index contributed by atoms with van der Waals surface area (Å²) < 4.78 is 0. The lowest BCUT2D eigenvalue weighted by atomic mass is 9.96. The fourth-order valence-electron chi connectivity index (χ4n) is 2.69. The van der Waals surface area contributed by atoms with Crippen molar-refractivity contribution in [2.24, 2.45) is 5.92 Å². The summed E-state index contributed by atoms with van der Waals surface area (Å²) in [5.41, 5.74) is 0. The number of hydrogen-bond acceptors (Lipinski definition) is 4. The van der Waals surface area contributed by atoms with E-state index in [1.165, 1.54) is 0 Å². The quantitative estimate of drug-likeness (QED) is 0.721. The highest BCUT2D eigenvalue weighted by Crippen LogP contribution is 2.18. The van der Waals surface area contributed by atoms with Crippen molar-refractivity contribution in [2.45, 2.75) is 18.9 Å². The van der Waals surface area contributed by atoms with Gasteiger partial charge in [0.15, 0.2) is 0 Å². The van der Waals surface area contributed by atoms with Gasteiger partial charge in [-0.05, 0) is 27.1 Å². The number of rotatable bonds is 3. The maximum atomic E-state index is 12.1. The van der Waals surface area contributed by atoms with Gasteiger partial charge in [0.2, 0.25) is 0 Å². The van der Waals surface area contributed by atoms with Crippen LogP contribution in [-0.4, -0.2) is 68.4 Å². The Labute approximate surface area is 98.0 Å². The van der Waals surface area contributed by atoms with Gasteiger partial charge in [0.25, 0.3) is 0 Å². The van der Waals surface area contributed by atoms with E-state index in [2.05, 4.69) is 29.2 Å². The van der Waals surface area contributed by atoms with Gasteiger partial charge in [0.1, 0.15) is 5.78 Å². The lowest BCUT2D eigenvalue weighted by Crippen LogP contribution is -2.50. The molecule has 2 aliphatic heterocycles. The molecule has 2 aliphatic rings. The minimum absolute atomic E-state index is 0.292. The van der Waals surface area contributed by atoms with E-state index in [-0.39, 0.29) is 0 Å². The molecule has 16 heavy (non-hydrogen) atoms. The molecule has 92 valence electrons. The highest BCUT2D eigenvalue weighted by Gasteiger charge is 2.29. The molecule has 0 aliphatic carbocycles. The van der Waals surface area contributed by atoms with Crippen LogP contribution in [0.15, 0.2) is 0 Å². The summed E-state index contributed by atoms with van der Waals surface area (Å²) in [6.45, 7) is 5.11. The second-order valence-electron chi connectivity index (χ2n) is 5.26. The molecule has 0 saturated carbocycles. The zero-order valence-electron chi connectivity index (χ0n) is 10.4. The van der Waals surface area contributed by atoms with Crippen LogP contribution < -0.4 is 5.32 Å². The van der Waals surface area contributed by atoms with E-state index in [0.717, 1.165) is 45.6 Å². The Morgan fingerprint density at radius 1 is 1.38 bits per heavy atom. The number of nitrogens with one attached hydrogen (secondary N) is 1. The molecule has 2 rings (SSSR count). The van der Waals surface area contributed by atoms with E-state index in [9.17, 15) is 4.79 Å². The summed E-state index contributed by atoms with van der Waals surface area (Å²) in [4.78, 5) is 16.7. The first kappa shape index (κ1) is 12.0. The average Bonchev–Trinajstić information content (AvgIpc) is 2.68. The van der Waals surface area contributed by atoms with Crippen LogP contribution in [0, 0.1) is 5.92 Å². The molecular weight excluding hydrogens is 202 g/mol. The third kappa shape index (κ3) is 2.81. The van der Waals surface area contributed by atoms with Crippen molar-refractivity contribution in [1.29, 1.82) is 0 Å². The number of Topliss-reactive ketones (excluding diaryl/α,β-unsaturated/α-hetero) is 1. The van der Waals surface area contributed by atoms with Crippen LogP contribution in [0.1, 0.15) is 12.8 Å². The molecule has 4 nitrogen and oxygen atoms in total. The molecule has 2 saturated heterocycles. The highest BCUT2D eigenvalue weighted by atomic mass is 16.1. The molecule has 4 heteroatoms. The molecular formula is C12H23N3O. The molecule has 2 fully saturated rings. The van der Waals surface area contributed by atoms with E-state index in [1.807, 2.05) is 0 Å². The Balaban J connectivity index is 1.82. The Kier molecular flexibility index (Phi) is 3.95. The molecule has 0 spiro atoms. The predicted octanol–water partition coefficient (Wildman–Crippen LogP) is -0.199. The van der Waals surface area contributed by atoms with Crippen LogP contribution in [-0.2, 0) is 4.79 Å². The summed E-state index contributed by atoms with van der Waals surface area (Å²) in [5, 5.41) is 3.37. The van der Waals surface area contributed by atoms with E-state index in [0.29, 0.717) is 17.7 Å². The normalized spacial score (nSPS) is 33.1. The molecule has 0 aromatic rings. The van der Waals surface area contributed by atoms with Crippen molar-refractivity contribution in [3.63, 3.8) is 0 Å². The second-order valence-corrected chi connectivity index (χ2v) is 5.26. The highest BCUT2D eigenvalue weighted by molar-refractivity contribution is 5.82. The maximum absolute atomic E-state index is 12.1. The first-order chi connectivity index (χ1) is 7.66. The van der Waals surface area contributed by atoms with E-state index in [4.69, 9.17) is 0 Å². The Morgan fingerprint density at radius 2 is 2.19 bits per heavy atom. The number of piperazine rings is 1. The van der Waals surface area contributed by atoms with E-state index < -0.39 is 0 Å². The van der Waals surface area contributed by atoms with Gasteiger partial charge >= 0.3 is 0 Å². The van der Waals surface area contributed by atoms with Crippen LogP contribution in [0.4, 0.5) is 0 Å². The summed E-state index contributed by atoms with van der Waals surface area (Å²) in [7, 11) is 4.22. The van der Waals surface area contributed by atoms with Gasteiger partial charge in [-0.25, -0.2) is 0 Å². The second kappa shape index (κ2) is 5.25. The number of likely N-dealkylation sites (N-methyl/N-ethyl adjacent to an activating group) is 1. The Morgan fingerprint density at radius 3 is 2.81 bits per heavy atom. The third-order valence-corrected chi connectivity index (χ3v) is 3.93. The van der Waals surface area contributed by atoms with Crippen LogP contribution in [0.25, 0.3) is 0 Å². The zero-order chi connectivity index (χ0) is 11.5. The van der Waals surface area contributed by atoms with Gasteiger partial charge in [0, 0.05) is 44.6 Å². The fraction of sp³-hybridized carbons (Fsp3) is 0.917. The van der Waals surface area contributed by atoms with E-state index >= 15 is 0 Å². The monoisotopic (exact) mass is 225 g/mol. The topological polar surface area (TPSA) is 35.6 Å². The van der Waals surface area contributed by atoms with Crippen molar-refractivity contribution in [2.75, 3.05) is 46.8 Å². The van der Waals surface area contributed by atoms with Crippen LogP contribution >= 0.6 is 0 Å². The standard InChI is InChI=1S/C12H23N3O/c1-14-5-3-10(9-14)12(16)7-11-8-13-4-6-15(11)2/h10-11,13H,3-9H2,1-2H3. The predicted molar refractivity (Wildman–Crippen MR) is 64.5 cm³/mol. The largest absolute Gasteiger partial charge is 0.314 e. The van der Waals surface area contributed by atoms with Gasteiger partial charge in [-0.2, -0.15) is 0 Å². The van der Waals surface area contributed by atoms with Gasteiger partial charge in [-0.15, -0.1) is 0 Å². The molecule has 0 bridgehead atoms. The lowest BCUT2D eigenvalue weighted by molar-refractivity contribution is -0.123. The van der Waals surface area contributed by atoms with Crippen LogP contribution in [0.2, 0.25) is 0 Å². The molecule has 2 atom stereocenters. The first-order valence-electron chi connectivity index (χ1n) is 6.29. The molecule has 0 amide bonds. The van der Waals surface area contributed by atoms with Gasteiger partial charge < -0.3 is 15.1 Å². The molecule has 0 aromatic carbocycles. The number of carbonyl (C=O) groups is 1. The zero-order valence-corrected chi connectivity index (χ0v) is 10.4. The van der Waals surface area contributed by atoms with Gasteiger partial charge in [0.05, 0.1) is 0 Å². The third-order valence-electron chi connectivity index (χ3n) is 3.93. The number of ketones is 1. The van der Waals surface area contributed by atoms with Crippen molar-refractivity contribution in [3.8, 4) is 0 Å². The smallest absolute Gasteiger partial charge is 0.138 e. The van der Waals surface area contributed by atoms with Crippen molar-refractivity contribution < 1.29 is 4.79 Å². The summed E-state index contributed by atoms with van der Waals surface area (Å²) in [6.07, 6.45) is 1.78. The number of carbonyl (C=O) groups excluding carboxylic acids is 1. The fourth-order valence-corrected chi connectivity index (χ4v) is 2.69. The lowest BCUT2D eigenvalue weighted by Gasteiger charge is -2.33. The van der Waals surface area contributed by atoms with Gasteiger partial charge in [-0.3, -0.25) is 4.79 Å². The number of nitrogens with zero attached hydrogens (tertiary/aromatic N) is 2.